The number of hydrogen-bond acceptors (Lipinski definition) is 2. The second-order valence-corrected chi connectivity index (χ2v) is 5.07. The van der Waals surface area contributed by atoms with Crippen LogP contribution in [0.5, 0.6) is 5.75 Å². The normalized spacial score (nSPS) is 10.6. The van der Waals surface area contributed by atoms with Crippen molar-refractivity contribution in [3.8, 4) is 16.9 Å². The molecular formula is C18H23NO. The molecule has 0 heterocycles. The van der Waals surface area contributed by atoms with E-state index in [4.69, 9.17) is 4.74 Å². The van der Waals surface area contributed by atoms with Gasteiger partial charge in [0.05, 0.1) is 7.11 Å². The van der Waals surface area contributed by atoms with E-state index in [-0.39, 0.29) is 0 Å². The molecule has 0 amide bonds. The highest BCUT2D eigenvalue weighted by atomic mass is 16.5. The zero-order chi connectivity index (χ0) is 14.4. The average Bonchev–Trinajstić information content (AvgIpc) is 2.47. The quantitative estimate of drug-likeness (QED) is 0.795. The summed E-state index contributed by atoms with van der Waals surface area (Å²) in [6, 6.07) is 15.0. The van der Waals surface area contributed by atoms with Crippen LogP contribution in [0.1, 0.15) is 24.5 Å². The Morgan fingerprint density at radius 1 is 1.05 bits per heavy atom. The number of methoxy groups -OCH3 is 1. The summed E-state index contributed by atoms with van der Waals surface area (Å²) in [7, 11) is 1.73. The molecule has 0 fully saturated rings. The fourth-order valence-electron chi connectivity index (χ4n) is 2.32. The first-order valence-corrected chi connectivity index (χ1v) is 7.19. The van der Waals surface area contributed by atoms with Crippen molar-refractivity contribution in [1.29, 1.82) is 0 Å². The maximum absolute atomic E-state index is 5.45. The molecule has 0 spiro atoms. The van der Waals surface area contributed by atoms with Gasteiger partial charge >= 0.3 is 0 Å². The molecule has 2 aromatic carbocycles. The summed E-state index contributed by atoms with van der Waals surface area (Å²) in [6.07, 6.45) is 1.14. The molecule has 2 heteroatoms. The lowest BCUT2D eigenvalue weighted by Gasteiger charge is -2.12. The standard InChI is InChI=1S/C18H23NO/c1-4-10-19-13-17-12-16(8-9-18(17)20-3)15-7-5-6-14(2)11-15/h5-9,11-12,19H,4,10,13H2,1-3H3. The largest absolute Gasteiger partial charge is 0.496 e. The van der Waals surface area contributed by atoms with Gasteiger partial charge in [0.2, 0.25) is 0 Å². The van der Waals surface area contributed by atoms with Crippen molar-refractivity contribution >= 4 is 0 Å². The molecule has 1 N–H and O–H groups in total. The number of hydrogen-bond donors (Lipinski definition) is 1. The van der Waals surface area contributed by atoms with Crippen LogP contribution < -0.4 is 10.1 Å². The number of ether oxygens (including phenoxy) is 1. The van der Waals surface area contributed by atoms with Crippen LogP contribution in [0, 0.1) is 6.92 Å². The van der Waals surface area contributed by atoms with Gasteiger partial charge in [-0.15, -0.1) is 0 Å². The van der Waals surface area contributed by atoms with Crippen LogP contribution in [-0.2, 0) is 6.54 Å². The Morgan fingerprint density at radius 3 is 2.55 bits per heavy atom. The third kappa shape index (κ3) is 3.61. The smallest absolute Gasteiger partial charge is 0.123 e. The number of aryl methyl sites for hydroxylation is 1. The van der Waals surface area contributed by atoms with Crippen LogP contribution >= 0.6 is 0 Å². The van der Waals surface area contributed by atoms with E-state index in [9.17, 15) is 0 Å². The molecule has 0 aromatic heterocycles. The maximum atomic E-state index is 5.45. The van der Waals surface area contributed by atoms with Gasteiger partial charge in [0, 0.05) is 12.1 Å². The van der Waals surface area contributed by atoms with Gasteiger partial charge in [0.15, 0.2) is 0 Å². The number of benzene rings is 2. The second-order valence-electron chi connectivity index (χ2n) is 5.07. The summed E-state index contributed by atoms with van der Waals surface area (Å²) in [5, 5.41) is 3.44. The zero-order valence-corrected chi connectivity index (χ0v) is 12.6. The fraction of sp³-hybridized carbons (Fsp3) is 0.333. The van der Waals surface area contributed by atoms with Gasteiger partial charge in [-0.25, -0.2) is 0 Å². The summed E-state index contributed by atoms with van der Waals surface area (Å²) in [5.41, 5.74) is 4.98. The van der Waals surface area contributed by atoms with Crippen LogP contribution in [-0.4, -0.2) is 13.7 Å². The molecule has 0 saturated carbocycles. The van der Waals surface area contributed by atoms with Gasteiger partial charge in [-0.2, -0.15) is 0 Å². The molecule has 0 unspecified atom stereocenters. The zero-order valence-electron chi connectivity index (χ0n) is 12.6. The Morgan fingerprint density at radius 2 is 1.85 bits per heavy atom. The molecule has 106 valence electrons. The Hall–Kier alpha value is -1.80. The Balaban J connectivity index is 2.28. The monoisotopic (exact) mass is 269 g/mol. The van der Waals surface area contributed by atoms with E-state index < -0.39 is 0 Å². The Bertz CT molecular complexity index is 563. The van der Waals surface area contributed by atoms with Crippen LogP contribution in [0.3, 0.4) is 0 Å². The van der Waals surface area contributed by atoms with Crippen molar-refractivity contribution < 1.29 is 4.74 Å². The van der Waals surface area contributed by atoms with Gasteiger partial charge in [-0.05, 0) is 43.1 Å². The third-order valence-corrected chi connectivity index (χ3v) is 3.37. The molecule has 0 saturated heterocycles. The van der Waals surface area contributed by atoms with E-state index in [0.717, 1.165) is 25.3 Å². The lowest BCUT2D eigenvalue weighted by atomic mass is 10.0. The highest BCUT2D eigenvalue weighted by Crippen LogP contribution is 2.27. The number of rotatable bonds is 6. The molecule has 0 radical (unpaired) electrons. The highest BCUT2D eigenvalue weighted by Gasteiger charge is 2.06. The SMILES string of the molecule is CCCNCc1cc(-c2cccc(C)c2)ccc1OC. The predicted molar refractivity (Wildman–Crippen MR) is 85.2 cm³/mol. The third-order valence-electron chi connectivity index (χ3n) is 3.37. The maximum Gasteiger partial charge on any atom is 0.123 e. The van der Waals surface area contributed by atoms with Crippen molar-refractivity contribution in [2.24, 2.45) is 0 Å². The van der Waals surface area contributed by atoms with E-state index in [1.807, 2.05) is 0 Å². The van der Waals surface area contributed by atoms with Gasteiger partial charge in [-0.1, -0.05) is 42.8 Å². The summed E-state index contributed by atoms with van der Waals surface area (Å²) < 4.78 is 5.45. The van der Waals surface area contributed by atoms with Crippen molar-refractivity contribution in [2.75, 3.05) is 13.7 Å². The summed E-state index contributed by atoms with van der Waals surface area (Å²) in [6.45, 7) is 6.17. The van der Waals surface area contributed by atoms with Crippen LogP contribution in [0.15, 0.2) is 42.5 Å². The predicted octanol–water partition coefficient (Wildman–Crippen LogP) is 4.17. The Kier molecular flexibility index (Phi) is 5.19. The minimum absolute atomic E-state index is 0.844. The van der Waals surface area contributed by atoms with E-state index in [1.54, 1.807) is 7.11 Å². The molecule has 0 aliphatic carbocycles. The summed E-state index contributed by atoms with van der Waals surface area (Å²) in [5.74, 6) is 0.949. The molecular weight excluding hydrogens is 246 g/mol. The van der Waals surface area contributed by atoms with Crippen molar-refractivity contribution in [3.05, 3.63) is 53.6 Å². The lowest BCUT2D eigenvalue weighted by molar-refractivity contribution is 0.408. The van der Waals surface area contributed by atoms with E-state index >= 15 is 0 Å². The lowest BCUT2D eigenvalue weighted by Crippen LogP contribution is -2.14. The molecule has 0 aliphatic rings. The molecule has 2 rings (SSSR count). The summed E-state index contributed by atoms with van der Waals surface area (Å²) in [4.78, 5) is 0. The minimum atomic E-state index is 0.844. The van der Waals surface area contributed by atoms with Gasteiger partial charge in [0.1, 0.15) is 5.75 Å². The topological polar surface area (TPSA) is 21.3 Å². The first kappa shape index (κ1) is 14.6. The van der Waals surface area contributed by atoms with Crippen LogP contribution in [0.25, 0.3) is 11.1 Å². The molecule has 20 heavy (non-hydrogen) atoms. The fourth-order valence-corrected chi connectivity index (χ4v) is 2.32. The van der Waals surface area contributed by atoms with Crippen LogP contribution in [0.2, 0.25) is 0 Å². The Labute approximate surface area is 121 Å². The van der Waals surface area contributed by atoms with E-state index in [2.05, 4.69) is 61.6 Å². The molecule has 0 atom stereocenters. The van der Waals surface area contributed by atoms with Crippen molar-refractivity contribution in [3.63, 3.8) is 0 Å². The molecule has 0 bridgehead atoms. The van der Waals surface area contributed by atoms with Gasteiger partial charge < -0.3 is 10.1 Å². The number of nitrogens with one attached hydrogen (secondary N) is 1. The minimum Gasteiger partial charge on any atom is -0.496 e. The summed E-state index contributed by atoms with van der Waals surface area (Å²) >= 11 is 0. The molecule has 0 aliphatic heterocycles. The van der Waals surface area contributed by atoms with Crippen LogP contribution in [0.4, 0.5) is 0 Å². The van der Waals surface area contributed by atoms with Gasteiger partial charge in [-0.3, -0.25) is 0 Å². The van der Waals surface area contributed by atoms with E-state index in [1.165, 1.54) is 22.3 Å². The van der Waals surface area contributed by atoms with E-state index in [0.29, 0.717) is 0 Å². The van der Waals surface area contributed by atoms with Crippen molar-refractivity contribution in [2.45, 2.75) is 26.8 Å². The van der Waals surface area contributed by atoms with Gasteiger partial charge in [0.25, 0.3) is 0 Å². The first-order valence-electron chi connectivity index (χ1n) is 7.19. The highest BCUT2D eigenvalue weighted by molar-refractivity contribution is 5.66. The molecule has 2 nitrogen and oxygen atoms in total. The van der Waals surface area contributed by atoms with Crippen molar-refractivity contribution in [1.82, 2.24) is 5.32 Å². The average molecular weight is 269 g/mol. The first-order chi connectivity index (χ1) is 9.74. The molecule has 2 aromatic rings. The second kappa shape index (κ2) is 7.11.